The van der Waals surface area contributed by atoms with Crippen LogP contribution in [0.1, 0.15) is 13.8 Å². The Labute approximate surface area is 103 Å². The molecule has 2 aliphatic heterocycles. The fraction of sp³-hybridized carbons (Fsp3) is 0.545. The minimum atomic E-state index is -0.692. The van der Waals surface area contributed by atoms with E-state index in [2.05, 4.69) is 6.58 Å². The Balaban J connectivity index is 2.20. The summed E-state index contributed by atoms with van der Waals surface area (Å²) in [6, 6.07) is -0.692. The van der Waals surface area contributed by atoms with Crippen molar-refractivity contribution in [3.05, 3.63) is 12.7 Å². The van der Waals surface area contributed by atoms with E-state index < -0.39 is 33.8 Å². The molecule has 2 aliphatic rings. The maximum absolute atomic E-state index is 11.9. The summed E-state index contributed by atoms with van der Waals surface area (Å²) in [5, 5.41) is -0.515. The molecule has 0 aliphatic carbocycles. The monoisotopic (exact) mass is 255 g/mol. The first kappa shape index (κ1) is 12.2. The summed E-state index contributed by atoms with van der Waals surface area (Å²) in [5.74, 6) is -1.50. The number of hydrogen-bond acceptors (Lipinski definition) is 5. The Morgan fingerprint density at radius 2 is 2.24 bits per heavy atom. The molecule has 0 saturated carbocycles. The van der Waals surface area contributed by atoms with Crippen molar-refractivity contribution in [1.82, 2.24) is 4.90 Å². The van der Waals surface area contributed by atoms with Crippen LogP contribution < -0.4 is 0 Å². The van der Waals surface area contributed by atoms with Crippen LogP contribution in [0.25, 0.3) is 0 Å². The molecule has 0 aromatic carbocycles. The van der Waals surface area contributed by atoms with Crippen LogP contribution in [0, 0.1) is 0 Å². The van der Waals surface area contributed by atoms with E-state index in [0.717, 1.165) is 0 Å². The predicted molar refractivity (Wildman–Crippen MR) is 62.3 cm³/mol. The number of hydrogen-bond donors (Lipinski definition) is 0. The highest BCUT2D eigenvalue weighted by molar-refractivity contribution is 8.02. The lowest BCUT2D eigenvalue weighted by Crippen LogP contribution is -2.63. The minimum Gasteiger partial charge on any atom is -0.460 e. The maximum atomic E-state index is 11.9. The number of carbonyl (C=O) groups excluding carboxylic acids is 3. The summed E-state index contributed by atoms with van der Waals surface area (Å²) in [7, 11) is 0. The summed E-state index contributed by atoms with van der Waals surface area (Å²) in [4.78, 5) is 36.0. The van der Waals surface area contributed by atoms with Crippen molar-refractivity contribution in [2.45, 2.75) is 30.0 Å². The van der Waals surface area contributed by atoms with Crippen molar-refractivity contribution >= 4 is 29.4 Å². The Hall–Kier alpha value is -1.30. The first-order valence-electron chi connectivity index (χ1n) is 5.22. The van der Waals surface area contributed by atoms with Gasteiger partial charge in [0.2, 0.25) is 0 Å². The fourth-order valence-corrected chi connectivity index (χ4v) is 3.52. The van der Waals surface area contributed by atoms with Gasteiger partial charge in [-0.05, 0) is 13.8 Å². The first-order valence-corrected chi connectivity index (χ1v) is 6.10. The lowest BCUT2D eigenvalue weighted by Gasteiger charge is -2.35. The number of amides is 1. The third-order valence-corrected chi connectivity index (χ3v) is 4.34. The summed E-state index contributed by atoms with van der Waals surface area (Å²) in [6.45, 7) is 7.22. The number of carbonyl (C=O) groups is 3. The summed E-state index contributed by atoms with van der Waals surface area (Å²) < 4.78 is 4.46. The number of ether oxygens (including phenoxy) is 1. The van der Waals surface area contributed by atoms with Crippen LogP contribution in [0.3, 0.4) is 0 Å². The molecule has 1 amide bonds. The molecule has 5 nitrogen and oxygen atoms in total. The minimum absolute atomic E-state index is 0.108. The molecule has 92 valence electrons. The molecule has 0 aromatic rings. The highest BCUT2D eigenvalue weighted by atomic mass is 32.2. The second kappa shape index (κ2) is 3.87. The van der Waals surface area contributed by atoms with E-state index in [1.54, 1.807) is 0 Å². The SMILES string of the molecule is C=CCOC(=O)[C@@H]1N2C(=O)C(=O)[C@H]2SC1(C)C. The normalized spacial score (nSPS) is 29.6. The molecule has 2 saturated heterocycles. The topological polar surface area (TPSA) is 63.7 Å². The van der Waals surface area contributed by atoms with Crippen LogP contribution in [-0.2, 0) is 19.1 Å². The van der Waals surface area contributed by atoms with Crippen LogP contribution in [0.15, 0.2) is 12.7 Å². The van der Waals surface area contributed by atoms with Gasteiger partial charge in [-0.25, -0.2) is 4.79 Å². The molecule has 2 atom stereocenters. The number of Topliss-reactive ketones (excluding diaryl/α,β-unsaturated/α-hetero) is 1. The van der Waals surface area contributed by atoms with Crippen molar-refractivity contribution in [1.29, 1.82) is 0 Å². The van der Waals surface area contributed by atoms with E-state index in [0.29, 0.717) is 0 Å². The van der Waals surface area contributed by atoms with Gasteiger partial charge in [-0.3, -0.25) is 9.59 Å². The molecule has 0 spiro atoms. The Bertz CT molecular complexity index is 418. The maximum Gasteiger partial charge on any atom is 0.330 e. The second-order valence-corrected chi connectivity index (χ2v) is 6.21. The molecular weight excluding hydrogens is 242 g/mol. The molecule has 0 unspecified atom stereocenters. The van der Waals surface area contributed by atoms with Crippen LogP contribution in [-0.4, -0.2) is 45.3 Å². The van der Waals surface area contributed by atoms with E-state index in [4.69, 9.17) is 4.74 Å². The van der Waals surface area contributed by atoms with Crippen LogP contribution in [0.5, 0.6) is 0 Å². The predicted octanol–water partition coefficient (Wildman–Crippen LogP) is 0.347. The quantitative estimate of drug-likeness (QED) is 0.315. The Morgan fingerprint density at radius 1 is 1.59 bits per heavy atom. The molecule has 2 rings (SSSR count). The van der Waals surface area contributed by atoms with Crippen molar-refractivity contribution < 1.29 is 19.1 Å². The number of nitrogens with zero attached hydrogens (tertiary/aromatic N) is 1. The molecule has 17 heavy (non-hydrogen) atoms. The number of ketones is 1. The van der Waals surface area contributed by atoms with E-state index in [-0.39, 0.29) is 6.61 Å². The van der Waals surface area contributed by atoms with Gasteiger partial charge in [0, 0.05) is 4.75 Å². The molecule has 2 heterocycles. The Morgan fingerprint density at radius 3 is 2.82 bits per heavy atom. The number of rotatable bonds is 3. The van der Waals surface area contributed by atoms with Crippen molar-refractivity contribution in [3.63, 3.8) is 0 Å². The standard InChI is InChI=1S/C11H13NO4S/c1-4-5-16-10(15)7-11(2,3)17-9-6(13)8(14)12(7)9/h4,7,9H,1,5H2,2-3H3/t7-,9+/m0/s1. The van der Waals surface area contributed by atoms with Gasteiger partial charge in [0.1, 0.15) is 18.0 Å². The first-order chi connectivity index (χ1) is 7.90. The van der Waals surface area contributed by atoms with E-state index in [9.17, 15) is 14.4 Å². The molecule has 0 radical (unpaired) electrons. The van der Waals surface area contributed by atoms with Crippen LogP contribution >= 0.6 is 11.8 Å². The number of fused-ring (bicyclic) bond motifs is 1. The third-order valence-electron chi connectivity index (χ3n) is 2.84. The van der Waals surface area contributed by atoms with Crippen molar-refractivity contribution in [2.24, 2.45) is 0 Å². The summed E-state index contributed by atoms with van der Waals surface area (Å²) >= 11 is 1.33. The number of esters is 1. The van der Waals surface area contributed by atoms with E-state index in [1.807, 2.05) is 13.8 Å². The lowest BCUT2D eigenvalue weighted by atomic mass is 9.98. The lowest BCUT2D eigenvalue weighted by molar-refractivity contribution is -0.166. The highest BCUT2D eigenvalue weighted by Crippen LogP contribution is 2.49. The zero-order valence-electron chi connectivity index (χ0n) is 9.63. The van der Waals surface area contributed by atoms with Crippen LogP contribution in [0.4, 0.5) is 0 Å². The van der Waals surface area contributed by atoms with Crippen LogP contribution in [0.2, 0.25) is 0 Å². The van der Waals surface area contributed by atoms with Gasteiger partial charge in [0.15, 0.2) is 0 Å². The number of thioether (sulfide) groups is 1. The zero-order valence-corrected chi connectivity index (χ0v) is 10.5. The Kier molecular flexibility index (Phi) is 2.77. The molecule has 6 heteroatoms. The highest BCUT2D eigenvalue weighted by Gasteiger charge is 2.64. The molecule has 0 aromatic heterocycles. The molecule has 2 fully saturated rings. The van der Waals surface area contributed by atoms with Gasteiger partial charge in [-0.15, -0.1) is 11.8 Å². The van der Waals surface area contributed by atoms with Crippen molar-refractivity contribution in [2.75, 3.05) is 6.61 Å². The van der Waals surface area contributed by atoms with E-state index in [1.165, 1.54) is 22.7 Å². The summed E-state index contributed by atoms with van der Waals surface area (Å²) in [6.07, 6.45) is 1.47. The average Bonchev–Trinajstić information content (AvgIpc) is 2.54. The van der Waals surface area contributed by atoms with Gasteiger partial charge in [0.05, 0.1) is 0 Å². The number of β-lactam (4-membered cyclic amide) rings is 1. The molecule has 0 bridgehead atoms. The van der Waals surface area contributed by atoms with E-state index >= 15 is 0 Å². The second-order valence-electron chi connectivity index (χ2n) is 4.47. The average molecular weight is 255 g/mol. The van der Waals surface area contributed by atoms with Gasteiger partial charge in [-0.1, -0.05) is 12.7 Å². The van der Waals surface area contributed by atoms with Gasteiger partial charge in [-0.2, -0.15) is 0 Å². The van der Waals surface area contributed by atoms with Gasteiger partial charge >= 0.3 is 5.97 Å². The summed E-state index contributed by atoms with van der Waals surface area (Å²) in [5.41, 5.74) is 0. The third kappa shape index (κ3) is 1.67. The largest absolute Gasteiger partial charge is 0.460 e. The molecular formula is C11H13NO4S. The van der Waals surface area contributed by atoms with Crippen molar-refractivity contribution in [3.8, 4) is 0 Å². The van der Waals surface area contributed by atoms with Gasteiger partial charge < -0.3 is 9.64 Å². The zero-order chi connectivity index (χ0) is 12.8. The van der Waals surface area contributed by atoms with Gasteiger partial charge in [0.25, 0.3) is 11.7 Å². The fourth-order valence-electron chi connectivity index (χ4n) is 2.07. The molecule has 0 N–H and O–H groups in total. The smallest absolute Gasteiger partial charge is 0.330 e.